The second kappa shape index (κ2) is 7.65. The van der Waals surface area contributed by atoms with Gasteiger partial charge in [0.2, 0.25) is 5.88 Å². The summed E-state index contributed by atoms with van der Waals surface area (Å²) in [5, 5.41) is 4.03. The molecule has 1 fully saturated rings. The number of carbonyl (C=O) groups excluding carboxylic acids is 1. The summed E-state index contributed by atoms with van der Waals surface area (Å²) in [6, 6.07) is 1.60. The van der Waals surface area contributed by atoms with Crippen LogP contribution in [0.1, 0.15) is 23.2 Å². The largest absolute Gasteiger partial charge is 0.474 e. The molecule has 146 valence electrons. The van der Waals surface area contributed by atoms with Crippen LogP contribution in [0.25, 0.3) is 11.1 Å². The summed E-state index contributed by atoms with van der Waals surface area (Å²) in [6.07, 6.45) is 7.52. The zero-order valence-corrected chi connectivity index (χ0v) is 16.1. The van der Waals surface area contributed by atoms with E-state index in [1.165, 1.54) is 10.9 Å². The number of aromatic nitrogens is 3. The molecule has 2 aromatic heterocycles. The van der Waals surface area contributed by atoms with Gasteiger partial charge in [0.1, 0.15) is 17.5 Å². The lowest BCUT2D eigenvalue weighted by molar-refractivity contribution is 0.0958. The van der Waals surface area contributed by atoms with Crippen LogP contribution in [0.3, 0.4) is 0 Å². The minimum absolute atomic E-state index is 0.00448. The molecule has 1 aliphatic heterocycles. The normalized spacial score (nSPS) is 16.4. The number of primary amides is 1. The molecule has 9 nitrogen and oxygen atoms in total. The van der Waals surface area contributed by atoms with Crippen LogP contribution in [0, 0.1) is 0 Å². The summed E-state index contributed by atoms with van der Waals surface area (Å²) >= 11 is 0. The molecule has 0 unspecified atom stereocenters. The highest BCUT2D eigenvalue weighted by Crippen LogP contribution is 2.26. The average Bonchev–Trinajstić information content (AvgIpc) is 3.03. The highest BCUT2D eigenvalue weighted by molar-refractivity contribution is 7.89. The van der Waals surface area contributed by atoms with Crippen molar-refractivity contribution in [1.82, 2.24) is 19.7 Å². The van der Waals surface area contributed by atoms with E-state index in [1.54, 1.807) is 18.5 Å². The summed E-state index contributed by atoms with van der Waals surface area (Å²) in [4.78, 5) is 18.4. The van der Waals surface area contributed by atoms with Gasteiger partial charge in [-0.1, -0.05) is 0 Å². The first-order valence-electron chi connectivity index (χ1n) is 8.57. The summed E-state index contributed by atoms with van der Waals surface area (Å²) in [7, 11) is -1.15. The fraction of sp³-hybridized carbons (Fsp3) is 0.471. The van der Waals surface area contributed by atoms with Crippen LogP contribution in [0.4, 0.5) is 0 Å². The standard InChI is InChI=1S/C17H23N5O4S/c1-21-5-3-14(4-6-21)26-17-15(16(18)23)7-12(8-19-17)13-9-20-22(10-13)11-27(2,24)25/h7-10,14H,3-6,11H2,1-2H3,(H2,18,23). The topological polar surface area (TPSA) is 120 Å². The van der Waals surface area contributed by atoms with E-state index in [1.807, 2.05) is 0 Å². The van der Waals surface area contributed by atoms with Crippen LogP contribution in [0.5, 0.6) is 5.88 Å². The molecule has 0 spiro atoms. The van der Waals surface area contributed by atoms with Gasteiger partial charge in [0, 0.05) is 42.9 Å². The van der Waals surface area contributed by atoms with Gasteiger partial charge >= 0.3 is 0 Å². The van der Waals surface area contributed by atoms with Crippen molar-refractivity contribution in [3.8, 4) is 17.0 Å². The zero-order valence-electron chi connectivity index (χ0n) is 15.3. The van der Waals surface area contributed by atoms with Crippen molar-refractivity contribution in [2.45, 2.75) is 24.8 Å². The van der Waals surface area contributed by atoms with Crippen molar-refractivity contribution in [3.63, 3.8) is 0 Å². The second-order valence-electron chi connectivity index (χ2n) is 6.88. The number of piperidine rings is 1. The molecule has 27 heavy (non-hydrogen) atoms. The highest BCUT2D eigenvalue weighted by atomic mass is 32.2. The van der Waals surface area contributed by atoms with Crippen molar-refractivity contribution < 1.29 is 17.9 Å². The van der Waals surface area contributed by atoms with Gasteiger partial charge in [0.25, 0.3) is 5.91 Å². The van der Waals surface area contributed by atoms with Gasteiger partial charge in [-0.3, -0.25) is 9.48 Å². The molecule has 1 saturated heterocycles. The van der Waals surface area contributed by atoms with Crippen LogP contribution < -0.4 is 10.5 Å². The molecule has 3 heterocycles. The number of rotatable bonds is 6. The molecule has 3 rings (SSSR count). The third-order valence-electron chi connectivity index (χ3n) is 4.39. The SMILES string of the molecule is CN1CCC(Oc2ncc(-c3cnn(CS(C)(=O)=O)c3)cc2C(N)=O)CC1. The minimum Gasteiger partial charge on any atom is -0.474 e. The van der Waals surface area contributed by atoms with E-state index in [4.69, 9.17) is 10.5 Å². The molecule has 2 N–H and O–H groups in total. The first-order valence-corrected chi connectivity index (χ1v) is 10.6. The quantitative estimate of drug-likeness (QED) is 0.759. The van der Waals surface area contributed by atoms with Crippen LogP contribution in [-0.2, 0) is 15.7 Å². The Morgan fingerprint density at radius 3 is 2.63 bits per heavy atom. The Bertz CT molecular complexity index is 933. The molecule has 0 aliphatic carbocycles. The maximum atomic E-state index is 11.9. The fourth-order valence-electron chi connectivity index (χ4n) is 2.96. The lowest BCUT2D eigenvalue weighted by Gasteiger charge is -2.29. The van der Waals surface area contributed by atoms with E-state index < -0.39 is 15.7 Å². The second-order valence-corrected chi connectivity index (χ2v) is 8.99. The Labute approximate surface area is 158 Å². The number of likely N-dealkylation sites (tertiary alicyclic amines) is 1. The van der Waals surface area contributed by atoms with E-state index in [2.05, 4.69) is 22.0 Å². The predicted octanol–water partition coefficient (Wildman–Crippen LogP) is 0.519. The summed E-state index contributed by atoms with van der Waals surface area (Å²) in [6.45, 7) is 1.85. The van der Waals surface area contributed by atoms with E-state index in [-0.39, 0.29) is 23.4 Å². The predicted molar refractivity (Wildman–Crippen MR) is 100.0 cm³/mol. The molecule has 0 saturated carbocycles. The number of nitrogens with two attached hydrogens (primary N) is 1. The number of pyridine rings is 1. The number of nitrogens with zero attached hydrogens (tertiary/aromatic N) is 4. The van der Waals surface area contributed by atoms with Crippen LogP contribution in [0.2, 0.25) is 0 Å². The first kappa shape index (κ1) is 19.3. The maximum Gasteiger partial charge on any atom is 0.254 e. The van der Waals surface area contributed by atoms with Crippen LogP contribution >= 0.6 is 0 Å². The van der Waals surface area contributed by atoms with E-state index in [0.717, 1.165) is 32.2 Å². The maximum absolute atomic E-state index is 11.9. The molecule has 1 aliphatic rings. The molecule has 10 heteroatoms. The van der Waals surface area contributed by atoms with Gasteiger partial charge in [-0.2, -0.15) is 5.10 Å². The molecule has 1 amide bonds. The Morgan fingerprint density at radius 1 is 1.30 bits per heavy atom. The number of ether oxygens (including phenoxy) is 1. The van der Waals surface area contributed by atoms with Crippen molar-refractivity contribution in [2.24, 2.45) is 5.73 Å². The first-order chi connectivity index (χ1) is 12.7. The zero-order chi connectivity index (χ0) is 19.6. The summed E-state index contributed by atoms with van der Waals surface area (Å²) in [5.74, 6) is -0.624. The molecule has 0 radical (unpaired) electrons. The lowest BCUT2D eigenvalue weighted by Crippen LogP contribution is -2.36. The van der Waals surface area contributed by atoms with Gasteiger partial charge < -0.3 is 15.4 Å². The average molecular weight is 393 g/mol. The minimum atomic E-state index is -3.21. The fourth-order valence-corrected chi connectivity index (χ4v) is 3.59. The smallest absolute Gasteiger partial charge is 0.254 e. The Hall–Kier alpha value is -2.46. The number of hydrogen-bond donors (Lipinski definition) is 1. The molecular formula is C17H23N5O4S. The third kappa shape index (κ3) is 5.04. The third-order valence-corrected chi connectivity index (χ3v) is 5.13. The molecule has 0 atom stereocenters. The molecule has 0 aromatic carbocycles. The van der Waals surface area contributed by atoms with Crippen LogP contribution in [-0.4, -0.2) is 66.5 Å². The number of amides is 1. The Kier molecular flexibility index (Phi) is 5.47. The van der Waals surface area contributed by atoms with Crippen molar-refractivity contribution in [3.05, 3.63) is 30.2 Å². The van der Waals surface area contributed by atoms with Gasteiger partial charge in [-0.05, 0) is 26.0 Å². The molecule has 0 bridgehead atoms. The van der Waals surface area contributed by atoms with Gasteiger partial charge in [0.15, 0.2) is 9.84 Å². The summed E-state index contributed by atoms with van der Waals surface area (Å²) in [5.41, 5.74) is 6.96. The van der Waals surface area contributed by atoms with Gasteiger partial charge in [-0.15, -0.1) is 0 Å². The van der Waals surface area contributed by atoms with Gasteiger partial charge in [0.05, 0.1) is 6.20 Å². The number of hydrogen-bond acceptors (Lipinski definition) is 7. The Morgan fingerprint density at radius 2 is 2.00 bits per heavy atom. The van der Waals surface area contributed by atoms with Crippen LogP contribution in [0.15, 0.2) is 24.7 Å². The van der Waals surface area contributed by atoms with Crippen molar-refractivity contribution in [1.29, 1.82) is 0 Å². The van der Waals surface area contributed by atoms with E-state index in [0.29, 0.717) is 11.1 Å². The Balaban J connectivity index is 1.82. The molecule has 2 aromatic rings. The van der Waals surface area contributed by atoms with Crippen molar-refractivity contribution in [2.75, 3.05) is 26.4 Å². The molecular weight excluding hydrogens is 370 g/mol. The van der Waals surface area contributed by atoms with Gasteiger partial charge in [-0.25, -0.2) is 13.4 Å². The number of carbonyl (C=O) groups is 1. The monoisotopic (exact) mass is 393 g/mol. The van der Waals surface area contributed by atoms with E-state index >= 15 is 0 Å². The van der Waals surface area contributed by atoms with E-state index in [9.17, 15) is 13.2 Å². The summed E-state index contributed by atoms with van der Waals surface area (Å²) < 4.78 is 30.0. The number of sulfone groups is 1. The van der Waals surface area contributed by atoms with Crippen molar-refractivity contribution >= 4 is 15.7 Å². The highest BCUT2D eigenvalue weighted by Gasteiger charge is 2.22. The lowest BCUT2D eigenvalue weighted by atomic mass is 10.1.